The van der Waals surface area contributed by atoms with Crippen molar-refractivity contribution in [3.05, 3.63) is 33.2 Å². The van der Waals surface area contributed by atoms with Crippen molar-refractivity contribution in [2.45, 2.75) is 25.3 Å². The molecule has 1 aliphatic rings. The normalized spacial score (nSPS) is 18.2. The molecule has 1 atom stereocenters. The first-order valence-corrected chi connectivity index (χ1v) is 7.89. The third-order valence-corrected chi connectivity index (χ3v) is 5.05. The fourth-order valence-electron chi connectivity index (χ4n) is 2.41. The molecule has 0 saturated heterocycles. The molecule has 19 heavy (non-hydrogen) atoms. The number of methoxy groups -OCH3 is 1. The highest BCUT2D eigenvalue weighted by Gasteiger charge is 2.23. The number of thiazole rings is 1. The van der Waals surface area contributed by atoms with Gasteiger partial charge < -0.3 is 10.5 Å². The fraction of sp³-hybridized carbons (Fsp3) is 0.357. The summed E-state index contributed by atoms with van der Waals surface area (Å²) < 4.78 is 6.46. The van der Waals surface area contributed by atoms with Gasteiger partial charge in [-0.3, -0.25) is 0 Å². The Morgan fingerprint density at radius 1 is 1.47 bits per heavy atom. The van der Waals surface area contributed by atoms with Gasteiger partial charge >= 0.3 is 0 Å². The minimum atomic E-state index is 0.0897. The van der Waals surface area contributed by atoms with Gasteiger partial charge in [-0.05, 0) is 37.5 Å². The Kier molecular flexibility index (Phi) is 3.60. The summed E-state index contributed by atoms with van der Waals surface area (Å²) in [7, 11) is 1.69. The summed E-state index contributed by atoms with van der Waals surface area (Å²) in [5.41, 5.74) is 8.25. The van der Waals surface area contributed by atoms with Gasteiger partial charge in [0.2, 0.25) is 0 Å². The topological polar surface area (TPSA) is 48.1 Å². The monoisotopic (exact) mass is 338 g/mol. The molecule has 0 aliphatic heterocycles. The Labute approximate surface area is 124 Å². The number of nitrogens with two attached hydrogens (primary N) is 1. The van der Waals surface area contributed by atoms with Crippen molar-refractivity contribution in [2.24, 2.45) is 5.73 Å². The molecule has 0 amide bonds. The van der Waals surface area contributed by atoms with Crippen LogP contribution in [0, 0.1) is 0 Å². The number of hydrogen-bond acceptors (Lipinski definition) is 4. The number of ether oxygens (including phenoxy) is 1. The molecule has 1 aromatic carbocycles. The van der Waals surface area contributed by atoms with Gasteiger partial charge in [0.05, 0.1) is 18.4 Å². The quantitative estimate of drug-likeness (QED) is 0.902. The Morgan fingerprint density at radius 3 is 3.05 bits per heavy atom. The van der Waals surface area contributed by atoms with Gasteiger partial charge in [-0.15, -0.1) is 11.3 Å². The fourth-order valence-corrected chi connectivity index (χ4v) is 3.97. The SMILES string of the molecule is COc1ccc(Br)cc1-c1nc2c(s1)CCCC2N. The molecule has 1 unspecified atom stereocenters. The maximum atomic E-state index is 6.14. The first-order valence-electron chi connectivity index (χ1n) is 6.28. The maximum absolute atomic E-state index is 6.14. The Hall–Kier alpha value is -0.910. The second kappa shape index (κ2) is 5.23. The van der Waals surface area contributed by atoms with E-state index < -0.39 is 0 Å². The van der Waals surface area contributed by atoms with E-state index in [2.05, 4.69) is 22.0 Å². The highest BCUT2D eigenvalue weighted by Crippen LogP contribution is 2.40. The van der Waals surface area contributed by atoms with Crippen LogP contribution in [0.5, 0.6) is 5.75 Å². The first kappa shape index (κ1) is 13.1. The minimum absolute atomic E-state index is 0.0897. The summed E-state index contributed by atoms with van der Waals surface area (Å²) in [4.78, 5) is 6.07. The van der Waals surface area contributed by atoms with Crippen molar-refractivity contribution in [1.29, 1.82) is 0 Å². The number of rotatable bonds is 2. The largest absolute Gasteiger partial charge is 0.496 e. The lowest BCUT2D eigenvalue weighted by Gasteiger charge is -2.15. The molecule has 1 aliphatic carbocycles. The van der Waals surface area contributed by atoms with Crippen molar-refractivity contribution in [2.75, 3.05) is 7.11 Å². The molecule has 0 fully saturated rings. The van der Waals surface area contributed by atoms with Crippen molar-refractivity contribution in [3.63, 3.8) is 0 Å². The molecular formula is C14H15BrN2OS. The lowest BCUT2D eigenvalue weighted by molar-refractivity contribution is 0.416. The van der Waals surface area contributed by atoms with Crippen LogP contribution in [0.2, 0.25) is 0 Å². The second-order valence-electron chi connectivity index (χ2n) is 4.67. The lowest BCUT2D eigenvalue weighted by atomic mass is 9.99. The van der Waals surface area contributed by atoms with Crippen LogP contribution in [-0.2, 0) is 6.42 Å². The number of benzene rings is 1. The lowest BCUT2D eigenvalue weighted by Crippen LogP contribution is -2.16. The summed E-state index contributed by atoms with van der Waals surface area (Å²) in [5, 5.41) is 1.00. The van der Waals surface area contributed by atoms with Crippen molar-refractivity contribution in [3.8, 4) is 16.3 Å². The van der Waals surface area contributed by atoms with Gasteiger partial charge in [0, 0.05) is 15.4 Å². The van der Waals surface area contributed by atoms with E-state index in [1.165, 1.54) is 4.88 Å². The van der Waals surface area contributed by atoms with E-state index in [0.29, 0.717) is 0 Å². The summed E-state index contributed by atoms with van der Waals surface area (Å²) in [6, 6.07) is 6.07. The standard InChI is InChI=1S/C14H15BrN2OS/c1-18-11-6-5-8(15)7-9(11)14-17-13-10(16)3-2-4-12(13)19-14/h5-7,10H,2-4,16H2,1H3. The molecule has 1 heterocycles. The van der Waals surface area contributed by atoms with Crippen LogP contribution in [0.1, 0.15) is 29.5 Å². The summed E-state index contributed by atoms with van der Waals surface area (Å²) in [6.07, 6.45) is 3.29. The van der Waals surface area contributed by atoms with Crippen molar-refractivity contribution >= 4 is 27.3 Å². The molecular weight excluding hydrogens is 324 g/mol. The average molecular weight is 339 g/mol. The number of halogens is 1. The molecule has 3 nitrogen and oxygen atoms in total. The number of nitrogens with zero attached hydrogens (tertiary/aromatic N) is 1. The zero-order valence-electron chi connectivity index (χ0n) is 10.6. The van der Waals surface area contributed by atoms with Gasteiger partial charge in [0.1, 0.15) is 10.8 Å². The predicted octanol–water partition coefficient (Wildman–Crippen LogP) is 3.92. The molecule has 0 bridgehead atoms. The summed E-state index contributed by atoms with van der Waals surface area (Å²) in [5.74, 6) is 0.850. The van der Waals surface area contributed by atoms with Gasteiger partial charge in [0.15, 0.2) is 0 Å². The van der Waals surface area contributed by atoms with Gasteiger partial charge in [-0.1, -0.05) is 15.9 Å². The van der Waals surface area contributed by atoms with Crippen LogP contribution in [0.15, 0.2) is 22.7 Å². The molecule has 0 spiro atoms. The number of aromatic nitrogens is 1. The number of hydrogen-bond donors (Lipinski definition) is 1. The van der Waals surface area contributed by atoms with E-state index in [9.17, 15) is 0 Å². The van der Waals surface area contributed by atoms with Gasteiger partial charge in [-0.25, -0.2) is 4.98 Å². The molecule has 1 aromatic heterocycles. The smallest absolute Gasteiger partial charge is 0.129 e. The second-order valence-corrected chi connectivity index (χ2v) is 6.67. The van der Waals surface area contributed by atoms with E-state index in [-0.39, 0.29) is 6.04 Å². The van der Waals surface area contributed by atoms with Crippen LogP contribution < -0.4 is 10.5 Å². The zero-order chi connectivity index (χ0) is 13.4. The van der Waals surface area contributed by atoms with Crippen LogP contribution in [0.25, 0.3) is 10.6 Å². The van der Waals surface area contributed by atoms with E-state index >= 15 is 0 Å². The maximum Gasteiger partial charge on any atom is 0.129 e. The van der Waals surface area contributed by atoms with Crippen LogP contribution >= 0.6 is 27.3 Å². The Bertz CT molecular complexity index is 611. The summed E-state index contributed by atoms with van der Waals surface area (Å²) in [6.45, 7) is 0. The highest BCUT2D eigenvalue weighted by molar-refractivity contribution is 9.10. The van der Waals surface area contributed by atoms with E-state index in [4.69, 9.17) is 15.5 Å². The molecule has 0 radical (unpaired) electrons. The van der Waals surface area contributed by atoms with Crippen LogP contribution in [-0.4, -0.2) is 12.1 Å². The third-order valence-electron chi connectivity index (χ3n) is 3.39. The van der Waals surface area contributed by atoms with Crippen LogP contribution in [0.3, 0.4) is 0 Å². The zero-order valence-corrected chi connectivity index (χ0v) is 13.1. The van der Waals surface area contributed by atoms with E-state index in [0.717, 1.165) is 45.7 Å². The molecule has 5 heteroatoms. The summed E-state index contributed by atoms with van der Waals surface area (Å²) >= 11 is 5.24. The third kappa shape index (κ3) is 2.42. The molecule has 100 valence electrons. The number of aryl methyl sites for hydroxylation is 1. The minimum Gasteiger partial charge on any atom is -0.496 e. The molecule has 3 rings (SSSR count). The van der Waals surface area contributed by atoms with E-state index in [1.54, 1.807) is 18.4 Å². The van der Waals surface area contributed by atoms with Crippen molar-refractivity contribution in [1.82, 2.24) is 4.98 Å². The first-order chi connectivity index (χ1) is 9.19. The number of fused-ring (bicyclic) bond motifs is 1. The van der Waals surface area contributed by atoms with Crippen LogP contribution in [0.4, 0.5) is 0 Å². The van der Waals surface area contributed by atoms with Gasteiger partial charge in [-0.2, -0.15) is 0 Å². The highest BCUT2D eigenvalue weighted by atomic mass is 79.9. The van der Waals surface area contributed by atoms with Crippen molar-refractivity contribution < 1.29 is 4.74 Å². The molecule has 2 N–H and O–H groups in total. The van der Waals surface area contributed by atoms with E-state index in [1.807, 2.05) is 12.1 Å². The average Bonchev–Trinajstić information content (AvgIpc) is 2.84. The predicted molar refractivity (Wildman–Crippen MR) is 81.7 cm³/mol. The van der Waals surface area contributed by atoms with Gasteiger partial charge in [0.25, 0.3) is 0 Å². The Balaban J connectivity index is 2.10. The molecule has 2 aromatic rings. The molecule has 0 saturated carbocycles. The Morgan fingerprint density at radius 2 is 2.32 bits per heavy atom.